The van der Waals surface area contributed by atoms with E-state index in [2.05, 4.69) is 39.6 Å². The van der Waals surface area contributed by atoms with Crippen LogP contribution in [-0.2, 0) is 10.0 Å². The molecule has 1 aromatic heterocycles. The molecular weight excluding hydrogens is 376 g/mol. The number of nitrogens with zero attached hydrogens (tertiary/aromatic N) is 1. The smallest absolute Gasteiger partial charge is 0.200 e. The molecule has 0 radical (unpaired) electrons. The van der Waals surface area contributed by atoms with Crippen LogP contribution in [0.4, 0.5) is 0 Å². The number of hydrogen-bond donors (Lipinski definition) is 1. The second-order valence-corrected chi connectivity index (χ2v) is 9.69. The van der Waals surface area contributed by atoms with Gasteiger partial charge in [-0.15, -0.1) is 11.3 Å². The van der Waals surface area contributed by atoms with Crippen LogP contribution >= 0.6 is 11.3 Å². The van der Waals surface area contributed by atoms with E-state index in [1.807, 2.05) is 6.92 Å². The Bertz CT molecular complexity index is 1070. The van der Waals surface area contributed by atoms with Crippen LogP contribution in [0.15, 0.2) is 63.9 Å². The highest BCUT2D eigenvalue weighted by atomic mass is 32.2. The van der Waals surface area contributed by atoms with Gasteiger partial charge in [-0.2, -0.15) is 13.5 Å². The van der Waals surface area contributed by atoms with Crippen molar-refractivity contribution >= 4 is 37.2 Å². The lowest BCUT2D eigenvalue weighted by Crippen LogP contribution is -2.22. The van der Waals surface area contributed by atoms with Crippen LogP contribution in [0.2, 0.25) is 0 Å². The van der Waals surface area contributed by atoms with Gasteiger partial charge < -0.3 is 0 Å². The van der Waals surface area contributed by atoms with E-state index in [9.17, 15) is 8.42 Å². The lowest BCUT2D eigenvalue weighted by Gasteiger charge is -2.23. The van der Waals surface area contributed by atoms with Crippen LogP contribution in [0.3, 0.4) is 0 Å². The van der Waals surface area contributed by atoms with Crippen molar-refractivity contribution < 1.29 is 8.42 Å². The van der Waals surface area contributed by atoms with Crippen molar-refractivity contribution in [1.82, 2.24) is 4.83 Å². The van der Waals surface area contributed by atoms with Crippen LogP contribution in [0.5, 0.6) is 0 Å². The molecule has 27 heavy (non-hydrogen) atoms. The average molecular weight is 399 g/mol. The molecule has 1 fully saturated rings. The Hall–Kier alpha value is -2.18. The normalized spacial score (nSPS) is 17.8. The summed E-state index contributed by atoms with van der Waals surface area (Å²) < 4.78 is 26.0. The fraction of sp³-hybridized carbons (Fsp3) is 0.286. The second kappa shape index (κ2) is 7.44. The first-order valence-corrected chi connectivity index (χ1v) is 11.5. The summed E-state index contributed by atoms with van der Waals surface area (Å²) in [5.74, 6) is 0.518. The molecule has 0 aliphatic heterocycles. The summed E-state index contributed by atoms with van der Waals surface area (Å²) in [6, 6.07) is 15.7. The van der Waals surface area contributed by atoms with Gasteiger partial charge in [0.2, 0.25) is 0 Å². The van der Waals surface area contributed by atoms with Crippen molar-refractivity contribution in [2.45, 2.75) is 43.4 Å². The van der Waals surface area contributed by atoms with Gasteiger partial charge in [0.05, 0.1) is 4.90 Å². The Kier molecular flexibility index (Phi) is 5.02. The molecule has 140 valence electrons. The van der Waals surface area contributed by atoms with E-state index in [4.69, 9.17) is 0 Å². The third-order valence-corrected chi connectivity index (χ3v) is 7.27. The Labute approximate surface area is 164 Å². The lowest BCUT2D eigenvalue weighted by atomic mass is 9.83. The number of fused-ring (bicyclic) bond motifs is 1. The van der Waals surface area contributed by atoms with Crippen molar-refractivity contribution in [1.29, 1.82) is 0 Å². The minimum Gasteiger partial charge on any atom is -0.200 e. The van der Waals surface area contributed by atoms with Crippen molar-refractivity contribution in [2.75, 3.05) is 0 Å². The summed E-state index contributed by atoms with van der Waals surface area (Å²) in [6.45, 7) is 1.93. The number of benzene rings is 2. The van der Waals surface area contributed by atoms with Gasteiger partial charge in [0, 0.05) is 10.4 Å². The highest BCUT2D eigenvalue weighted by Gasteiger charge is 2.21. The lowest BCUT2D eigenvalue weighted by molar-refractivity contribution is 0.561. The number of sulfonamides is 1. The van der Waals surface area contributed by atoms with Gasteiger partial charge >= 0.3 is 0 Å². The molecule has 1 aliphatic rings. The molecule has 0 bridgehead atoms. The third-order valence-electron chi connectivity index (χ3n) is 5.17. The molecular formula is C21H22N2O2S2. The zero-order valence-electron chi connectivity index (χ0n) is 15.2. The van der Waals surface area contributed by atoms with Crippen LogP contribution < -0.4 is 4.83 Å². The molecule has 4 rings (SSSR count). The number of hydrazone groups is 1. The number of rotatable bonds is 4. The first-order valence-electron chi connectivity index (χ1n) is 9.12. The summed E-state index contributed by atoms with van der Waals surface area (Å²) in [4.78, 5) is 2.65. The standard InChI is InChI=1S/C21H22N2O2S2/c1-15-2-10-20(11-3-15)27(24,25)23-22-19-8-6-16(7-9-19)18-5-4-17-12-13-26-21(17)14-18/h2-5,10-14,16,23H,6-9H2,1H3. The first kappa shape index (κ1) is 18.2. The van der Waals surface area contributed by atoms with Gasteiger partial charge in [-0.05, 0) is 79.1 Å². The van der Waals surface area contributed by atoms with Crippen molar-refractivity contribution in [3.05, 3.63) is 65.0 Å². The maximum atomic E-state index is 12.4. The fourth-order valence-electron chi connectivity index (χ4n) is 3.52. The van der Waals surface area contributed by atoms with E-state index in [1.54, 1.807) is 35.6 Å². The molecule has 1 N–H and O–H groups in total. The molecule has 0 saturated heterocycles. The maximum Gasteiger partial charge on any atom is 0.276 e. The van der Waals surface area contributed by atoms with E-state index in [1.165, 1.54) is 15.6 Å². The van der Waals surface area contributed by atoms with E-state index in [-0.39, 0.29) is 4.90 Å². The Morgan fingerprint density at radius 1 is 1.04 bits per heavy atom. The predicted molar refractivity (Wildman–Crippen MR) is 112 cm³/mol. The van der Waals surface area contributed by atoms with Crippen molar-refractivity contribution in [3.63, 3.8) is 0 Å². The number of hydrogen-bond acceptors (Lipinski definition) is 4. The van der Waals surface area contributed by atoms with E-state index in [0.717, 1.165) is 37.0 Å². The van der Waals surface area contributed by atoms with Crippen LogP contribution in [-0.4, -0.2) is 14.1 Å². The van der Waals surface area contributed by atoms with Gasteiger partial charge in [-0.3, -0.25) is 0 Å². The molecule has 0 atom stereocenters. The SMILES string of the molecule is Cc1ccc(S(=O)(=O)NN=C2CCC(c3ccc4ccsc4c3)CC2)cc1. The molecule has 4 nitrogen and oxygen atoms in total. The monoisotopic (exact) mass is 398 g/mol. The largest absolute Gasteiger partial charge is 0.276 e. The number of nitrogens with one attached hydrogen (secondary N) is 1. The number of thiophene rings is 1. The predicted octanol–water partition coefficient (Wildman–Crippen LogP) is 5.20. The quantitative estimate of drug-likeness (QED) is 0.614. The Balaban J connectivity index is 1.40. The minimum absolute atomic E-state index is 0.246. The fourth-order valence-corrected chi connectivity index (χ4v) is 5.20. The molecule has 1 aliphatic carbocycles. The molecule has 0 spiro atoms. The zero-order valence-corrected chi connectivity index (χ0v) is 16.8. The first-order chi connectivity index (χ1) is 13.0. The number of aryl methyl sites for hydroxylation is 1. The molecule has 3 aromatic rings. The Morgan fingerprint density at radius 2 is 1.78 bits per heavy atom. The van der Waals surface area contributed by atoms with Crippen molar-refractivity contribution in [3.8, 4) is 0 Å². The zero-order chi connectivity index (χ0) is 18.9. The molecule has 0 unspecified atom stereocenters. The highest BCUT2D eigenvalue weighted by Crippen LogP contribution is 2.34. The van der Waals surface area contributed by atoms with Gasteiger partial charge in [0.1, 0.15) is 0 Å². The van der Waals surface area contributed by atoms with Crippen molar-refractivity contribution in [2.24, 2.45) is 5.10 Å². The molecule has 0 amide bonds. The summed E-state index contributed by atoms with van der Waals surface area (Å²) >= 11 is 1.78. The second-order valence-electron chi connectivity index (χ2n) is 7.08. The van der Waals surface area contributed by atoms with Crippen LogP contribution in [0.1, 0.15) is 42.7 Å². The summed E-state index contributed by atoms with van der Waals surface area (Å²) in [5.41, 5.74) is 3.34. The maximum absolute atomic E-state index is 12.4. The molecule has 2 aromatic carbocycles. The topological polar surface area (TPSA) is 58.5 Å². The highest BCUT2D eigenvalue weighted by molar-refractivity contribution is 7.89. The molecule has 6 heteroatoms. The minimum atomic E-state index is -3.60. The summed E-state index contributed by atoms with van der Waals surface area (Å²) in [5, 5.41) is 7.63. The molecule has 1 heterocycles. The van der Waals surface area contributed by atoms with Gasteiger partial charge in [0.25, 0.3) is 10.0 Å². The van der Waals surface area contributed by atoms with Gasteiger partial charge in [-0.1, -0.05) is 29.8 Å². The van der Waals surface area contributed by atoms with E-state index in [0.29, 0.717) is 5.92 Å². The average Bonchev–Trinajstić information content (AvgIpc) is 3.15. The van der Waals surface area contributed by atoms with Crippen LogP contribution in [0.25, 0.3) is 10.1 Å². The van der Waals surface area contributed by atoms with Gasteiger partial charge in [0.15, 0.2) is 0 Å². The van der Waals surface area contributed by atoms with Crippen LogP contribution in [0, 0.1) is 6.92 Å². The van der Waals surface area contributed by atoms with E-state index < -0.39 is 10.0 Å². The third kappa shape index (κ3) is 4.06. The Morgan fingerprint density at radius 3 is 2.52 bits per heavy atom. The molecule has 1 saturated carbocycles. The summed E-state index contributed by atoms with van der Waals surface area (Å²) in [7, 11) is -3.60. The van der Waals surface area contributed by atoms with Gasteiger partial charge in [-0.25, -0.2) is 4.83 Å². The van der Waals surface area contributed by atoms with E-state index >= 15 is 0 Å². The summed E-state index contributed by atoms with van der Waals surface area (Å²) in [6.07, 6.45) is 3.65.